The molecule has 1 atom stereocenters. The molecule has 5 nitrogen and oxygen atoms in total. The first-order valence-corrected chi connectivity index (χ1v) is 10.2. The lowest BCUT2D eigenvalue weighted by Gasteiger charge is -2.30. The first kappa shape index (κ1) is 20.2. The Morgan fingerprint density at radius 1 is 1.23 bits per heavy atom. The van der Waals surface area contributed by atoms with Crippen molar-refractivity contribution in [2.24, 2.45) is 0 Å². The molecule has 8 heteroatoms. The minimum atomic E-state index is -3.90. The van der Waals surface area contributed by atoms with Gasteiger partial charge in [0, 0.05) is 10.7 Å². The van der Waals surface area contributed by atoms with Crippen LogP contribution in [-0.4, -0.2) is 26.6 Å². The fourth-order valence-corrected chi connectivity index (χ4v) is 4.01. The molecule has 2 aromatic carbocycles. The fraction of sp³-hybridized carbons (Fsp3) is 0.278. The normalized spacial score (nSPS) is 12.5. The summed E-state index contributed by atoms with van der Waals surface area (Å²) >= 11 is 6.06. The Labute approximate surface area is 157 Å². The monoisotopic (exact) mass is 398 g/mol. The minimum absolute atomic E-state index is 0.160. The molecule has 0 saturated carbocycles. The highest BCUT2D eigenvalue weighted by atomic mass is 35.5. The average molecular weight is 399 g/mol. The Kier molecular flexibility index (Phi) is 6.26. The van der Waals surface area contributed by atoms with Crippen LogP contribution in [0.4, 0.5) is 15.8 Å². The summed E-state index contributed by atoms with van der Waals surface area (Å²) in [6.07, 6.45) is 1.10. The van der Waals surface area contributed by atoms with E-state index in [9.17, 15) is 17.6 Å². The Bertz CT molecular complexity index is 918. The van der Waals surface area contributed by atoms with Crippen molar-refractivity contribution >= 4 is 38.9 Å². The molecule has 0 aliphatic rings. The number of nitrogens with zero attached hydrogens (tertiary/aromatic N) is 1. The number of halogens is 2. The number of nitrogens with one attached hydrogen (secondary N) is 1. The van der Waals surface area contributed by atoms with Crippen LogP contribution in [0.5, 0.6) is 0 Å². The zero-order valence-corrected chi connectivity index (χ0v) is 16.2. The first-order valence-electron chi connectivity index (χ1n) is 7.96. The number of para-hydroxylation sites is 1. The zero-order chi connectivity index (χ0) is 19.5. The number of hydrogen-bond donors (Lipinski definition) is 1. The Morgan fingerprint density at radius 2 is 1.88 bits per heavy atom. The van der Waals surface area contributed by atoms with E-state index < -0.39 is 27.8 Å². The lowest BCUT2D eigenvalue weighted by molar-refractivity contribution is -0.117. The summed E-state index contributed by atoms with van der Waals surface area (Å²) in [6.45, 7) is 3.40. The molecule has 0 spiro atoms. The van der Waals surface area contributed by atoms with E-state index in [4.69, 9.17) is 11.6 Å². The number of sulfonamides is 1. The summed E-state index contributed by atoms with van der Waals surface area (Å²) in [4.78, 5) is 12.8. The van der Waals surface area contributed by atoms with Gasteiger partial charge in [0.05, 0.1) is 11.9 Å². The predicted molar refractivity (Wildman–Crippen MR) is 103 cm³/mol. The lowest BCUT2D eigenvalue weighted by atomic mass is 10.1. The number of benzene rings is 2. The van der Waals surface area contributed by atoms with E-state index in [-0.39, 0.29) is 12.1 Å². The number of anilines is 2. The van der Waals surface area contributed by atoms with Gasteiger partial charge >= 0.3 is 0 Å². The van der Waals surface area contributed by atoms with Crippen molar-refractivity contribution in [1.82, 2.24) is 0 Å². The summed E-state index contributed by atoms with van der Waals surface area (Å²) in [5.41, 5.74) is 0.969. The number of carbonyl (C=O) groups is 1. The van der Waals surface area contributed by atoms with Gasteiger partial charge in [0.1, 0.15) is 11.9 Å². The van der Waals surface area contributed by atoms with Crippen molar-refractivity contribution in [2.75, 3.05) is 15.9 Å². The summed E-state index contributed by atoms with van der Waals surface area (Å²) in [7, 11) is -3.90. The van der Waals surface area contributed by atoms with Gasteiger partial charge in [-0.2, -0.15) is 0 Å². The predicted octanol–water partition coefficient (Wildman–Crippen LogP) is 3.97. The SMILES string of the molecule is CC[C@H](C(=O)Nc1cccc(Cl)c1C)N(c1ccccc1F)S(C)(=O)=O. The third kappa shape index (κ3) is 4.34. The van der Waals surface area contributed by atoms with Crippen LogP contribution in [0.25, 0.3) is 0 Å². The molecule has 1 N–H and O–H groups in total. The van der Waals surface area contributed by atoms with Crippen molar-refractivity contribution in [3.63, 3.8) is 0 Å². The molecule has 0 aliphatic carbocycles. The molecule has 0 radical (unpaired) electrons. The van der Waals surface area contributed by atoms with Gasteiger partial charge in [-0.15, -0.1) is 0 Å². The van der Waals surface area contributed by atoms with E-state index in [0.717, 1.165) is 16.6 Å². The molecular weight excluding hydrogens is 379 g/mol. The molecule has 0 fully saturated rings. The van der Waals surface area contributed by atoms with Crippen molar-refractivity contribution in [2.45, 2.75) is 26.3 Å². The third-order valence-corrected chi connectivity index (χ3v) is 5.52. The van der Waals surface area contributed by atoms with Crippen LogP contribution in [0, 0.1) is 12.7 Å². The summed E-state index contributed by atoms with van der Waals surface area (Å²) in [6, 6.07) is 9.37. The molecule has 1 amide bonds. The van der Waals surface area contributed by atoms with Crippen LogP contribution in [0.1, 0.15) is 18.9 Å². The first-order chi connectivity index (χ1) is 12.2. The summed E-state index contributed by atoms with van der Waals surface area (Å²) in [5, 5.41) is 3.17. The van der Waals surface area contributed by atoms with Gasteiger partial charge in [0.25, 0.3) is 0 Å². The molecular formula is C18H20ClFN2O3S. The number of amides is 1. The van der Waals surface area contributed by atoms with E-state index in [1.807, 2.05) is 0 Å². The second kappa shape index (κ2) is 8.05. The van der Waals surface area contributed by atoms with Crippen LogP contribution in [0.15, 0.2) is 42.5 Å². The van der Waals surface area contributed by atoms with E-state index in [1.54, 1.807) is 32.0 Å². The van der Waals surface area contributed by atoms with E-state index >= 15 is 0 Å². The van der Waals surface area contributed by atoms with Gasteiger partial charge < -0.3 is 5.32 Å². The largest absolute Gasteiger partial charge is 0.324 e. The van der Waals surface area contributed by atoms with Crippen LogP contribution >= 0.6 is 11.6 Å². The Morgan fingerprint density at radius 3 is 2.46 bits per heavy atom. The van der Waals surface area contributed by atoms with Crippen LogP contribution in [0.3, 0.4) is 0 Å². The molecule has 2 rings (SSSR count). The van der Waals surface area contributed by atoms with E-state index in [0.29, 0.717) is 16.3 Å². The molecule has 0 heterocycles. The van der Waals surface area contributed by atoms with Crippen molar-refractivity contribution in [3.8, 4) is 0 Å². The second-order valence-corrected chi connectivity index (χ2v) is 8.10. The molecule has 0 bridgehead atoms. The van der Waals surface area contributed by atoms with E-state index in [1.165, 1.54) is 18.2 Å². The number of rotatable bonds is 6. The van der Waals surface area contributed by atoms with Crippen LogP contribution in [-0.2, 0) is 14.8 Å². The zero-order valence-electron chi connectivity index (χ0n) is 14.7. The molecule has 0 unspecified atom stereocenters. The van der Waals surface area contributed by atoms with Crippen LogP contribution < -0.4 is 9.62 Å². The highest BCUT2D eigenvalue weighted by Crippen LogP contribution is 2.27. The van der Waals surface area contributed by atoms with Gasteiger partial charge in [-0.3, -0.25) is 9.10 Å². The maximum absolute atomic E-state index is 14.2. The molecule has 140 valence electrons. The minimum Gasteiger partial charge on any atom is -0.324 e. The fourth-order valence-electron chi connectivity index (χ4n) is 2.62. The van der Waals surface area contributed by atoms with Gasteiger partial charge in [-0.1, -0.05) is 36.7 Å². The van der Waals surface area contributed by atoms with Gasteiger partial charge in [-0.25, -0.2) is 12.8 Å². The highest BCUT2D eigenvalue weighted by molar-refractivity contribution is 7.92. The maximum atomic E-state index is 14.2. The highest BCUT2D eigenvalue weighted by Gasteiger charge is 2.33. The quantitative estimate of drug-likeness (QED) is 0.800. The van der Waals surface area contributed by atoms with Crippen molar-refractivity contribution in [1.29, 1.82) is 0 Å². The Balaban J connectivity index is 2.44. The number of carbonyl (C=O) groups excluding carboxylic acids is 1. The molecule has 0 aromatic heterocycles. The molecule has 2 aromatic rings. The van der Waals surface area contributed by atoms with Gasteiger partial charge in [0.2, 0.25) is 15.9 Å². The maximum Gasteiger partial charge on any atom is 0.248 e. The van der Waals surface area contributed by atoms with Gasteiger partial charge in [0.15, 0.2) is 0 Å². The number of hydrogen-bond acceptors (Lipinski definition) is 3. The van der Waals surface area contributed by atoms with Crippen LogP contribution in [0.2, 0.25) is 5.02 Å². The van der Waals surface area contributed by atoms with E-state index in [2.05, 4.69) is 5.32 Å². The van der Waals surface area contributed by atoms with Crippen molar-refractivity contribution < 1.29 is 17.6 Å². The lowest BCUT2D eigenvalue weighted by Crippen LogP contribution is -2.47. The topological polar surface area (TPSA) is 66.5 Å². The molecule has 0 aliphatic heterocycles. The molecule has 0 saturated heterocycles. The van der Waals surface area contributed by atoms with Gasteiger partial charge in [-0.05, 0) is 43.2 Å². The van der Waals surface area contributed by atoms with Crippen molar-refractivity contribution in [3.05, 3.63) is 58.9 Å². The molecule has 26 heavy (non-hydrogen) atoms. The smallest absolute Gasteiger partial charge is 0.248 e. The third-order valence-electron chi connectivity index (χ3n) is 3.95. The average Bonchev–Trinajstić information content (AvgIpc) is 2.56. The summed E-state index contributed by atoms with van der Waals surface area (Å²) in [5.74, 6) is -1.28. The summed E-state index contributed by atoms with van der Waals surface area (Å²) < 4.78 is 39.7. The standard InChI is InChI=1S/C18H20ClFN2O3S/c1-4-16(18(23)21-15-10-7-8-13(19)12(15)2)22(26(3,24)25)17-11-6-5-9-14(17)20/h5-11,16H,4H2,1-3H3,(H,21,23)/t16-/m1/s1. The second-order valence-electron chi connectivity index (χ2n) is 5.84. The Hall–Kier alpha value is -2.12.